The van der Waals surface area contributed by atoms with Gasteiger partial charge >= 0.3 is 0 Å². The molecule has 14 heavy (non-hydrogen) atoms. The number of phenols is 1. The lowest BCUT2D eigenvalue weighted by atomic mass is 10.1. The van der Waals surface area contributed by atoms with Gasteiger partial charge in [0.05, 0.1) is 0 Å². The Hall–Kier alpha value is -1.51. The van der Waals surface area contributed by atoms with Gasteiger partial charge in [0.15, 0.2) is 0 Å². The van der Waals surface area contributed by atoms with Crippen molar-refractivity contribution < 1.29 is 9.90 Å². The van der Waals surface area contributed by atoms with Gasteiger partial charge in [0, 0.05) is 12.1 Å². The van der Waals surface area contributed by atoms with E-state index >= 15 is 0 Å². The number of amides is 1. The maximum atomic E-state index is 11.5. The fourth-order valence-corrected chi connectivity index (χ4v) is 1.14. The Bertz CT molecular complexity index is 334. The predicted octanol–water partition coefficient (Wildman–Crippen LogP) is 1.84. The molecular weight excluding hydrogens is 178 g/mol. The number of phenolic OH excluding ortho intramolecular Hbond substituents is 1. The average molecular weight is 193 g/mol. The number of hydrogen-bond donors (Lipinski definition) is 2. The SMILES string of the molecule is CCCNC(=O)c1ccc(O)c(C)c1. The smallest absolute Gasteiger partial charge is 0.251 e. The molecule has 76 valence electrons. The Labute approximate surface area is 83.8 Å². The van der Waals surface area contributed by atoms with E-state index in [2.05, 4.69) is 5.32 Å². The van der Waals surface area contributed by atoms with Crippen LogP contribution in [0.1, 0.15) is 29.3 Å². The third-order valence-corrected chi connectivity index (χ3v) is 1.99. The maximum Gasteiger partial charge on any atom is 0.251 e. The number of carbonyl (C=O) groups is 1. The molecule has 0 saturated heterocycles. The molecule has 1 aromatic carbocycles. The van der Waals surface area contributed by atoms with Crippen LogP contribution in [0.4, 0.5) is 0 Å². The highest BCUT2D eigenvalue weighted by atomic mass is 16.3. The number of nitrogens with one attached hydrogen (secondary N) is 1. The average Bonchev–Trinajstić information content (AvgIpc) is 2.18. The van der Waals surface area contributed by atoms with Crippen molar-refractivity contribution in [2.24, 2.45) is 0 Å². The van der Waals surface area contributed by atoms with Gasteiger partial charge in [0.25, 0.3) is 5.91 Å². The summed E-state index contributed by atoms with van der Waals surface area (Å²) in [6, 6.07) is 4.84. The molecule has 3 nitrogen and oxygen atoms in total. The summed E-state index contributed by atoms with van der Waals surface area (Å²) in [4.78, 5) is 11.5. The second kappa shape index (κ2) is 4.65. The zero-order chi connectivity index (χ0) is 10.6. The first kappa shape index (κ1) is 10.6. The minimum Gasteiger partial charge on any atom is -0.508 e. The molecule has 1 rings (SSSR count). The van der Waals surface area contributed by atoms with E-state index in [4.69, 9.17) is 0 Å². The third-order valence-electron chi connectivity index (χ3n) is 1.99. The lowest BCUT2D eigenvalue weighted by Crippen LogP contribution is -2.23. The molecule has 1 amide bonds. The Kier molecular flexibility index (Phi) is 3.51. The third kappa shape index (κ3) is 2.49. The normalized spacial score (nSPS) is 9.86. The van der Waals surface area contributed by atoms with Crippen molar-refractivity contribution in [3.8, 4) is 5.75 Å². The Morgan fingerprint density at radius 1 is 1.50 bits per heavy atom. The van der Waals surface area contributed by atoms with Crippen LogP contribution in [-0.4, -0.2) is 17.6 Å². The van der Waals surface area contributed by atoms with E-state index < -0.39 is 0 Å². The number of rotatable bonds is 3. The molecule has 0 heterocycles. The first-order chi connectivity index (χ1) is 6.65. The second-order valence-electron chi connectivity index (χ2n) is 3.26. The number of benzene rings is 1. The van der Waals surface area contributed by atoms with Crippen LogP contribution >= 0.6 is 0 Å². The summed E-state index contributed by atoms with van der Waals surface area (Å²) in [6.45, 7) is 4.45. The summed E-state index contributed by atoms with van der Waals surface area (Å²) >= 11 is 0. The van der Waals surface area contributed by atoms with Crippen molar-refractivity contribution >= 4 is 5.91 Å². The molecule has 3 heteroatoms. The van der Waals surface area contributed by atoms with Gasteiger partial charge in [-0.05, 0) is 37.1 Å². The van der Waals surface area contributed by atoms with Crippen LogP contribution in [0.5, 0.6) is 5.75 Å². The molecule has 2 N–H and O–H groups in total. The predicted molar refractivity (Wildman–Crippen MR) is 55.5 cm³/mol. The molecule has 0 saturated carbocycles. The van der Waals surface area contributed by atoms with Gasteiger partial charge in [-0.1, -0.05) is 6.92 Å². The summed E-state index contributed by atoms with van der Waals surface area (Å²) in [5.74, 6) is 0.131. The van der Waals surface area contributed by atoms with E-state index in [1.165, 1.54) is 6.07 Å². The van der Waals surface area contributed by atoms with Crippen LogP contribution in [0.2, 0.25) is 0 Å². The monoisotopic (exact) mass is 193 g/mol. The highest BCUT2D eigenvalue weighted by Gasteiger charge is 2.05. The topological polar surface area (TPSA) is 49.3 Å². The number of carbonyl (C=O) groups excluding carboxylic acids is 1. The molecule has 0 unspecified atom stereocenters. The van der Waals surface area contributed by atoms with E-state index in [9.17, 15) is 9.90 Å². The minimum absolute atomic E-state index is 0.0880. The molecule has 0 aromatic heterocycles. The lowest BCUT2D eigenvalue weighted by molar-refractivity contribution is 0.0953. The van der Waals surface area contributed by atoms with Crippen molar-refractivity contribution in [3.63, 3.8) is 0 Å². The fraction of sp³-hybridized carbons (Fsp3) is 0.364. The minimum atomic E-state index is -0.0880. The van der Waals surface area contributed by atoms with Crippen LogP contribution in [0.3, 0.4) is 0 Å². The summed E-state index contributed by atoms with van der Waals surface area (Å²) in [7, 11) is 0. The summed E-state index contributed by atoms with van der Waals surface area (Å²) in [5, 5.41) is 12.0. The van der Waals surface area contributed by atoms with Gasteiger partial charge in [0.2, 0.25) is 0 Å². The fourth-order valence-electron chi connectivity index (χ4n) is 1.14. The molecule has 1 aromatic rings. The molecule has 0 aliphatic rings. The number of aryl methyl sites for hydroxylation is 1. The molecule has 0 radical (unpaired) electrons. The lowest BCUT2D eigenvalue weighted by Gasteiger charge is -2.05. The first-order valence-electron chi connectivity index (χ1n) is 4.73. The number of aromatic hydroxyl groups is 1. The highest BCUT2D eigenvalue weighted by Crippen LogP contribution is 2.16. The Balaban J connectivity index is 2.76. The molecular formula is C11H15NO2. The number of hydrogen-bond acceptors (Lipinski definition) is 2. The Morgan fingerprint density at radius 2 is 2.21 bits per heavy atom. The van der Waals surface area contributed by atoms with Gasteiger partial charge in [-0.25, -0.2) is 0 Å². The van der Waals surface area contributed by atoms with Gasteiger partial charge in [-0.2, -0.15) is 0 Å². The van der Waals surface area contributed by atoms with Crippen molar-refractivity contribution in [3.05, 3.63) is 29.3 Å². The van der Waals surface area contributed by atoms with Gasteiger partial charge in [-0.3, -0.25) is 4.79 Å². The molecule has 0 aliphatic heterocycles. The van der Waals surface area contributed by atoms with E-state index in [1.807, 2.05) is 6.92 Å². The van der Waals surface area contributed by atoms with E-state index in [0.29, 0.717) is 17.7 Å². The van der Waals surface area contributed by atoms with Crippen molar-refractivity contribution in [2.75, 3.05) is 6.54 Å². The van der Waals surface area contributed by atoms with E-state index in [1.54, 1.807) is 19.1 Å². The molecule has 0 aliphatic carbocycles. The summed E-state index contributed by atoms with van der Waals surface area (Å²) in [5.41, 5.74) is 1.31. The maximum absolute atomic E-state index is 11.5. The quantitative estimate of drug-likeness (QED) is 0.769. The van der Waals surface area contributed by atoms with Crippen LogP contribution < -0.4 is 5.32 Å². The van der Waals surface area contributed by atoms with Crippen molar-refractivity contribution in [1.29, 1.82) is 0 Å². The molecule has 0 spiro atoms. The van der Waals surface area contributed by atoms with Gasteiger partial charge < -0.3 is 10.4 Å². The van der Waals surface area contributed by atoms with Crippen molar-refractivity contribution in [1.82, 2.24) is 5.32 Å². The molecule has 0 bridgehead atoms. The Morgan fingerprint density at radius 3 is 2.79 bits per heavy atom. The van der Waals surface area contributed by atoms with Gasteiger partial charge in [0.1, 0.15) is 5.75 Å². The first-order valence-corrected chi connectivity index (χ1v) is 4.73. The standard InChI is InChI=1S/C11H15NO2/c1-3-6-12-11(14)9-4-5-10(13)8(2)7-9/h4-5,7,13H,3,6H2,1-2H3,(H,12,14). The second-order valence-corrected chi connectivity index (χ2v) is 3.26. The summed E-state index contributed by atoms with van der Waals surface area (Å²) < 4.78 is 0. The largest absolute Gasteiger partial charge is 0.508 e. The molecule has 0 fully saturated rings. The highest BCUT2D eigenvalue weighted by molar-refractivity contribution is 5.94. The van der Waals surface area contributed by atoms with Crippen LogP contribution in [0, 0.1) is 6.92 Å². The van der Waals surface area contributed by atoms with Gasteiger partial charge in [-0.15, -0.1) is 0 Å². The van der Waals surface area contributed by atoms with E-state index in [-0.39, 0.29) is 11.7 Å². The van der Waals surface area contributed by atoms with Crippen LogP contribution in [0.15, 0.2) is 18.2 Å². The van der Waals surface area contributed by atoms with Crippen LogP contribution in [0.25, 0.3) is 0 Å². The summed E-state index contributed by atoms with van der Waals surface area (Å²) in [6.07, 6.45) is 0.919. The van der Waals surface area contributed by atoms with Crippen LogP contribution in [-0.2, 0) is 0 Å². The zero-order valence-corrected chi connectivity index (χ0v) is 8.50. The van der Waals surface area contributed by atoms with Crippen molar-refractivity contribution in [2.45, 2.75) is 20.3 Å². The zero-order valence-electron chi connectivity index (χ0n) is 8.50. The van der Waals surface area contributed by atoms with E-state index in [0.717, 1.165) is 6.42 Å². The molecule has 0 atom stereocenters.